The third-order valence-corrected chi connectivity index (χ3v) is 12.8. The average molecular weight is 909 g/mol. The van der Waals surface area contributed by atoms with Gasteiger partial charge in [0.05, 0.1) is 18.7 Å². The summed E-state index contributed by atoms with van der Waals surface area (Å²) in [4.78, 5) is 21.0. The van der Waals surface area contributed by atoms with Crippen molar-refractivity contribution in [1.29, 1.82) is 10.5 Å². The lowest BCUT2D eigenvalue weighted by molar-refractivity contribution is -0.104. The van der Waals surface area contributed by atoms with Crippen molar-refractivity contribution in [3.05, 3.63) is 129 Å². The van der Waals surface area contributed by atoms with Crippen molar-refractivity contribution in [3.63, 3.8) is 0 Å². The molecule has 0 aromatic carbocycles. The Kier molecular flexibility index (Phi) is 32.0. The van der Waals surface area contributed by atoms with Crippen molar-refractivity contribution in [2.75, 3.05) is 19.4 Å². The van der Waals surface area contributed by atoms with Gasteiger partial charge in [-0.05, 0) is 167 Å². The summed E-state index contributed by atoms with van der Waals surface area (Å²) < 4.78 is 15.8. The van der Waals surface area contributed by atoms with Gasteiger partial charge in [-0.25, -0.2) is 0 Å². The summed E-state index contributed by atoms with van der Waals surface area (Å²) in [6, 6.07) is 3.83. The number of hydrogen-bond acceptors (Lipinski definition) is 6. The monoisotopic (exact) mass is 909 g/mol. The molecule has 6 nitrogen and oxygen atoms in total. The molecule has 0 radical (unpaired) electrons. The quantitative estimate of drug-likeness (QED) is 0.0599. The van der Waals surface area contributed by atoms with Crippen LogP contribution in [0.4, 0.5) is 0 Å². The normalized spacial score (nSPS) is 18.0. The summed E-state index contributed by atoms with van der Waals surface area (Å²) in [5.74, 6) is 0. The third kappa shape index (κ3) is 29.0. The molecule has 0 amide bonds. The average Bonchev–Trinajstić information content (AvgIpc) is 3.20. The number of carbonyl (C=O) groups excluding carboxylic acids is 2. The molecular formula is C58H89N2O4P. The Morgan fingerprint density at radius 2 is 0.938 bits per heavy atom. The molecule has 0 heterocycles. The van der Waals surface area contributed by atoms with Crippen LogP contribution in [-0.4, -0.2) is 32.0 Å². The zero-order valence-electron chi connectivity index (χ0n) is 42.5. The molecular weight excluding hydrogens is 820 g/mol. The molecule has 0 N–H and O–H groups in total. The Labute approximate surface area is 399 Å². The van der Waals surface area contributed by atoms with E-state index < -0.39 is 7.37 Å². The fourth-order valence-corrected chi connectivity index (χ4v) is 7.97. The SMILES string of the molecule is C.CC1=C(/C=C/C(=C/C=C/C#N)C(C)(C)C)CCCC1.CC1=C(/C=C/C(=C/C=C/C=O)C(C)(C)C)CCCC1.CC1=C(/C=C/C(=C/C=O)C(C)(C)C)CCCC1.CCOP(C)(=O)CC#N. The molecule has 3 aliphatic rings. The molecule has 0 spiro atoms. The molecule has 0 saturated carbocycles. The summed E-state index contributed by atoms with van der Waals surface area (Å²) in [6.07, 6.45) is 42.6. The van der Waals surface area contributed by atoms with E-state index in [1.54, 1.807) is 19.1 Å². The van der Waals surface area contributed by atoms with E-state index in [0.29, 0.717) is 6.61 Å². The smallest absolute Gasteiger partial charge is 0.213 e. The van der Waals surface area contributed by atoms with E-state index in [9.17, 15) is 14.2 Å². The van der Waals surface area contributed by atoms with E-state index in [2.05, 4.69) is 120 Å². The first-order valence-corrected chi connectivity index (χ1v) is 25.7. The molecule has 0 aliphatic heterocycles. The second-order valence-corrected chi connectivity index (χ2v) is 22.7. The molecule has 3 rings (SSSR count). The molecule has 0 bridgehead atoms. The molecule has 0 fully saturated rings. The van der Waals surface area contributed by atoms with Gasteiger partial charge in [0.1, 0.15) is 18.7 Å². The number of rotatable bonds is 13. The lowest BCUT2D eigenvalue weighted by Crippen LogP contribution is -2.08. The first-order chi connectivity index (χ1) is 30.0. The van der Waals surface area contributed by atoms with E-state index in [-0.39, 0.29) is 29.8 Å². The zero-order valence-corrected chi connectivity index (χ0v) is 43.4. The number of aldehydes is 2. The minimum atomic E-state index is -2.55. The van der Waals surface area contributed by atoms with E-state index in [1.807, 2.05) is 30.4 Å². The number of carbonyl (C=O) groups is 2. The summed E-state index contributed by atoms with van der Waals surface area (Å²) in [7, 11) is -2.55. The Morgan fingerprint density at radius 1 is 0.585 bits per heavy atom. The molecule has 3 aliphatic carbocycles. The number of nitrogens with zero attached hydrogens (tertiary/aromatic N) is 2. The summed E-state index contributed by atoms with van der Waals surface area (Å²) in [6.45, 7) is 29.9. The standard InChI is InChI=1S/C18H25N.C18H26O.C16H24O.C5H10NO2P.CH4/c2*1-15-9-5-6-10-16(15)12-13-17(18(2,3)4)11-7-8-14-19;1-13-7-5-6-8-14(13)9-10-15(11-12-17)16(2,3)4;1-3-8-9(2,7)5-4-6;/h7-8,11-13H,5-6,9-10H2,1-4H3;7-8,11-14H,5-6,9-10H2,1-4H3;9-12H,5-8H2,1-4H3;3,5H2,1-2H3;1H4/b2*8-7+,13-12+,17-11-;10-9+,15-11-;;. The van der Waals surface area contributed by atoms with Crippen LogP contribution in [0, 0.1) is 38.9 Å². The summed E-state index contributed by atoms with van der Waals surface area (Å²) in [5, 5.41) is 16.7. The van der Waals surface area contributed by atoms with Gasteiger partial charge < -0.3 is 4.52 Å². The molecule has 0 aromatic rings. The van der Waals surface area contributed by atoms with Gasteiger partial charge in [0.15, 0.2) is 0 Å². The van der Waals surface area contributed by atoms with Crippen LogP contribution in [0.3, 0.4) is 0 Å². The molecule has 65 heavy (non-hydrogen) atoms. The van der Waals surface area contributed by atoms with Crippen molar-refractivity contribution in [3.8, 4) is 12.1 Å². The zero-order chi connectivity index (χ0) is 48.8. The highest BCUT2D eigenvalue weighted by molar-refractivity contribution is 7.58. The van der Waals surface area contributed by atoms with Crippen LogP contribution < -0.4 is 0 Å². The molecule has 0 aromatic heterocycles. The largest absolute Gasteiger partial charge is 0.328 e. The minimum Gasteiger partial charge on any atom is -0.328 e. The Balaban J connectivity index is 0. The minimum absolute atomic E-state index is 0. The van der Waals surface area contributed by atoms with E-state index in [1.165, 1.54) is 140 Å². The molecule has 1 atom stereocenters. The number of allylic oxidation sites excluding steroid dienone is 22. The third-order valence-electron chi connectivity index (χ3n) is 11.3. The van der Waals surface area contributed by atoms with Gasteiger partial charge in [-0.1, -0.05) is 147 Å². The lowest BCUT2D eigenvalue weighted by atomic mass is 9.84. The van der Waals surface area contributed by atoms with Gasteiger partial charge in [-0.2, -0.15) is 10.5 Å². The van der Waals surface area contributed by atoms with Crippen molar-refractivity contribution in [2.24, 2.45) is 16.2 Å². The van der Waals surface area contributed by atoms with Crippen molar-refractivity contribution < 1.29 is 18.7 Å². The summed E-state index contributed by atoms with van der Waals surface area (Å²) >= 11 is 0. The van der Waals surface area contributed by atoms with Crippen LogP contribution in [0.15, 0.2) is 129 Å². The van der Waals surface area contributed by atoms with Crippen LogP contribution >= 0.6 is 7.37 Å². The Bertz CT molecular complexity index is 1970. The van der Waals surface area contributed by atoms with E-state index in [4.69, 9.17) is 15.0 Å². The fraction of sp³-hybridized carbons (Fsp3) is 0.552. The predicted molar refractivity (Wildman–Crippen MR) is 282 cm³/mol. The van der Waals surface area contributed by atoms with Crippen LogP contribution in [0.5, 0.6) is 0 Å². The van der Waals surface area contributed by atoms with Gasteiger partial charge >= 0.3 is 0 Å². The number of hydrogen-bond donors (Lipinski definition) is 0. The lowest BCUT2D eigenvalue weighted by Gasteiger charge is -2.21. The molecule has 360 valence electrons. The highest BCUT2D eigenvalue weighted by Gasteiger charge is 2.17. The van der Waals surface area contributed by atoms with Crippen molar-refractivity contribution in [1.82, 2.24) is 0 Å². The van der Waals surface area contributed by atoms with Crippen LogP contribution in [-0.2, 0) is 18.7 Å². The first-order valence-electron chi connectivity index (χ1n) is 23.4. The maximum atomic E-state index is 11.0. The molecule has 1 unspecified atom stereocenters. The van der Waals surface area contributed by atoms with Gasteiger partial charge in [-0.3, -0.25) is 14.2 Å². The topological polar surface area (TPSA) is 108 Å². The molecule has 0 saturated heterocycles. The Hall–Kier alpha value is -4.35. The van der Waals surface area contributed by atoms with Crippen LogP contribution in [0.25, 0.3) is 0 Å². The van der Waals surface area contributed by atoms with Gasteiger partial charge in [-0.15, -0.1) is 0 Å². The first kappa shape index (κ1) is 62.7. The maximum absolute atomic E-state index is 11.0. The van der Waals surface area contributed by atoms with E-state index in [0.717, 1.165) is 18.1 Å². The maximum Gasteiger partial charge on any atom is 0.213 e. The van der Waals surface area contributed by atoms with Gasteiger partial charge in [0.2, 0.25) is 7.37 Å². The van der Waals surface area contributed by atoms with Crippen LogP contribution in [0.1, 0.15) is 174 Å². The Morgan fingerprint density at radius 3 is 1.23 bits per heavy atom. The van der Waals surface area contributed by atoms with Gasteiger partial charge in [0, 0.05) is 12.7 Å². The second kappa shape index (κ2) is 33.2. The predicted octanol–water partition coefficient (Wildman–Crippen LogP) is 17.3. The summed E-state index contributed by atoms with van der Waals surface area (Å²) in [5.41, 5.74) is 12.8. The second-order valence-electron chi connectivity index (χ2n) is 20.0. The van der Waals surface area contributed by atoms with Crippen molar-refractivity contribution in [2.45, 2.75) is 174 Å². The van der Waals surface area contributed by atoms with E-state index >= 15 is 0 Å². The highest BCUT2D eigenvalue weighted by atomic mass is 31.2. The van der Waals surface area contributed by atoms with Crippen LogP contribution in [0.2, 0.25) is 0 Å². The molecule has 7 heteroatoms. The number of nitriles is 2. The van der Waals surface area contributed by atoms with Crippen molar-refractivity contribution >= 4 is 19.9 Å². The highest BCUT2D eigenvalue weighted by Crippen LogP contribution is 2.41. The van der Waals surface area contributed by atoms with Gasteiger partial charge in [0.25, 0.3) is 0 Å². The fourth-order valence-electron chi connectivity index (χ4n) is 7.07.